The van der Waals surface area contributed by atoms with E-state index in [1.807, 2.05) is 0 Å². The maximum absolute atomic E-state index is 12.6. The first kappa shape index (κ1) is 21.1. The standard InChI is InChI=1S/C19H20F3N3O3/c1-11(18(27)25-14-6-4-13(5-7-14)19(20,21)22)23-15-8-9-16(24-12(2)26)17(10-15)28-3/h4-11,23H,1-3H3,(H,24,26)(H,25,27). The largest absolute Gasteiger partial charge is 0.494 e. The first-order valence-corrected chi connectivity index (χ1v) is 8.30. The van der Waals surface area contributed by atoms with Gasteiger partial charge in [-0.1, -0.05) is 0 Å². The van der Waals surface area contributed by atoms with Crippen LogP contribution in [0, 0.1) is 0 Å². The molecule has 0 fully saturated rings. The van der Waals surface area contributed by atoms with Gasteiger partial charge < -0.3 is 20.7 Å². The third kappa shape index (κ3) is 5.63. The highest BCUT2D eigenvalue weighted by atomic mass is 19.4. The number of amides is 2. The van der Waals surface area contributed by atoms with Crippen LogP contribution >= 0.6 is 0 Å². The Kier molecular flexibility index (Phi) is 6.50. The van der Waals surface area contributed by atoms with Crippen molar-refractivity contribution in [3.63, 3.8) is 0 Å². The van der Waals surface area contributed by atoms with Crippen molar-refractivity contribution in [2.24, 2.45) is 0 Å². The molecular formula is C19H20F3N3O3. The molecule has 3 N–H and O–H groups in total. The van der Waals surface area contributed by atoms with Crippen LogP contribution in [-0.2, 0) is 15.8 Å². The van der Waals surface area contributed by atoms with Crippen LogP contribution in [0.5, 0.6) is 5.75 Å². The Morgan fingerprint density at radius 2 is 1.61 bits per heavy atom. The van der Waals surface area contributed by atoms with Crippen LogP contribution < -0.4 is 20.7 Å². The lowest BCUT2D eigenvalue weighted by atomic mass is 10.2. The second-order valence-corrected chi connectivity index (χ2v) is 6.03. The van der Waals surface area contributed by atoms with Crippen LogP contribution in [-0.4, -0.2) is 25.0 Å². The van der Waals surface area contributed by atoms with Crippen molar-refractivity contribution in [3.05, 3.63) is 48.0 Å². The minimum atomic E-state index is -4.43. The van der Waals surface area contributed by atoms with E-state index in [1.54, 1.807) is 25.1 Å². The average Bonchev–Trinajstić information content (AvgIpc) is 2.62. The molecule has 2 aromatic carbocycles. The zero-order valence-electron chi connectivity index (χ0n) is 15.5. The molecule has 150 valence electrons. The Morgan fingerprint density at radius 1 is 1.00 bits per heavy atom. The van der Waals surface area contributed by atoms with Crippen LogP contribution in [0.1, 0.15) is 19.4 Å². The van der Waals surface area contributed by atoms with E-state index in [9.17, 15) is 22.8 Å². The van der Waals surface area contributed by atoms with Crippen molar-refractivity contribution in [2.45, 2.75) is 26.1 Å². The number of halogens is 3. The summed E-state index contributed by atoms with van der Waals surface area (Å²) in [5.41, 5.74) is 0.525. The van der Waals surface area contributed by atoms with Gasteiger partial charge in [0.15, 0.2) is 0 Å². The van der Waals surface area contributed by atoms with Gasteiger partial charge >= 0.3 is 6.18 Å². The van der Waals surface area contributed by atoms with Crippen LogP contribution in [0.15, 0.2) is 42.5 Å². The lowest BCUT2D eigenvalue weighted by molar-refractivity contribution is -0.137. The normalized spacial score (nSPS) is 12.1. The molecule has 0 radical (unpaired) electrons. The Hall–Kier alpha value is -3.23. The Bertz CT molecular complexity index is 852. The van der Waals surface area contributed by atoms with Crippen LogP contribution in [0.25, 0.3) is 0 Å². The van der Waals surface area contributed by atoms with Gasteiger partial charge in [0, 0.05) is 24.4 Å². The summed E-state index contributed by atoms with van der Waals surface area (Å²) in [5, 5.41) is 8.14. The molecule has 0 saturated carbocycles. The number of carbonyl (C=O) groups excluding carboxylic acids is 2. The second kappa shape index (κ2) is 8.64. The summed E-state index contributed by atoms with van der Waals surface area (Å²) >= 11 is 0. The monoisotopic (exact) mass is 395 g/mol. The van der Waals surface area contributed by atoms with Gasteiger partial charge in [0.25, 0.3) is 0 Å². The van der Waals surface area contributed by atoms with E-state index in [0.717, 1.165) is 12.1 Å². The number of anilines is 3. The van der Waals surface area contributed by atoms with Gasteiger partial charge in [-0.15, -0.1) is 0 Å². The van der Waals surface area contributed by atoms with Gasteiger partial charge in [-0.25, -0.2) is 0 Å². The highest BCUT2D eigenvalue weighted by Crippen LogP contribution is 2.30. The van der Waals surface area contributed by atoms with Crippen LogP contribution in [0.3, 0.4) is 0 Å². The summed E-state index contributed by atoms with van der Waals surface area (Å²) in [6, 6.07) is 8.42. The van der Waals surface area contributed by atoms with Crippen molar-refractivity contribution >= 4 is 28.9 Å². The van der Waals surface area contributed by atoms with Crippen molar-refractivity contribution < 1.29 is 27.5 Å². The Balaban J connectivity index is 2.03. The van der Waals surface area contributed by atoms with E-state index >= 15 is 0 Å². The van der Waals surface area contributed by atoms with Crippen molar-refractivity contribution in [2.75, 3.05) is 23.1 Å². The van der Waals surface area contributed by atoms with Crippen LogP contribution in [0.2, 0.25) is 0 Å². The fourth-order valence-corrected chi connectivity index (χ4v) is 2.38. The van der Waals surface area contributed by atoms with Crippen molar-refractivity contribution in [3.8, 4) is 5.75 Å². The predicted octanol–water partition coefficient (Wildman–Crippen LogP) is 4.11. The number of methoxy groups -OCH3 is 1. The summed E-state index contributed by atoms with van der Waals surface area (Å²) in [6.07, 6.45) is -4.43. The maximum Gasteiger partial charge on any atom is 0.416 e. The van der Waals surface area contributed by atoms with E-state index in [1.165, 1.54) is 26.2 Å². The molecule has 0 aliphatic carbocycles. The molecule has 0 aliphatic heterocycles. The van der Waals surface area contributed by atoms with Crippen molar-refractivity contribution in [1.29, 1.82) is 0 Å². The number of ether oxygens (including phenoxy) is 1. The van der Waals surface area contributed by atoms with Crippen molar-refractivity contribution in [1.82, 2.24) is 0 Å². The summed E-state index contributed by atoms with van der Waals surface area (Å²) in [5.74, 6) is -0.261. The zero-order chi connectivity index (χ0) is 20.9. The Morgan fingerprint density at radius 3 is 2.14 bits per heavy atom. The fourth-order valence-electron chi connectivity index (χ4n) is 2.38. The molecule has 0 saturated heterocycles. The third-order valence-electron chi connectivity index (χ3n) is 3.77. The number of hydrogen-bond acceptors (Lipinski definition) is 4. The second-order valence-electron chi connectivity index (χ2n) is 6.03. The molecule has 2 rings (SSSR count). The number of hydrogen-bond donors (Lipinski definition) is 3. The molecule has 0 heterocycles. The molecule has 2 aromatic rings. The number of alkyl halides is 3. The predicted molar refractivity (Wildman–Crippen MR) is 100 cm³/mol. The first-order valence-electron chi connectivity index (χ1n) is 8.30. The fraction of sp³-hybridized carbons (Fsp3) is 0.263. The summed E-state index contributed by atoms with van der Waals surface area (Å²) in [7, 11) is 1.45. The van der Waals surface area contributed by atoms with E-state index in [-0.39, 0.29) is 11.6 Å². The molecule has 1 atom stereocenters. The molecule has 0 aliphatic rings. The minimum Gasteiger partial charge on any atom is -0.494 e. The highest BCUT2D eigenvalue weighted by molar-refractivity contribution is 5.96. The number of nitrogens with one attached hydrogen (secondary N) is 3. The summed E-state index contributed by atoms with van der Waals surface area (Å²) < 4.78 is 43.0. The lowest BCUT2D eigenvalue weighted by Crippen LogP contribution is -2.31. The number of rotatable bonds is 6. The van der Waals surface area contributed by atoms with E-state index in [0.29, 0.717) is 17.1 Å². The lowest BCUT2D eigenvalue weighted by Gasteiger charge is -2.17. The number of carbonyl (C=O) groups is 2. The van der Waals surface area contributed by atoms with E-state index in [2.05, 4.69) is 16.0 Å². The molecule has 6 nitrogen and oxygen atoms in total. The first-order chi connectivity index (χ1) is 13.1. The Labute approximate surface area is 160 Å². The zero-order valence-corrected chi connectivity index (χ0v) is 15.5. The highest BCUT2D eigenvalue weighted by Gasteiger charge is 2.30. The summed E-state index contributed by atoms with van der Waals surface area (Å²) in [4.78, 5) is 23.5. The molecule has 0 bridgehead atoms. The van der Waals surface area contributed by atoms with Gasteiger partial charge in [-0.2, -0.15) is 13.2 Å². The molecule has 9 heteroatoms. The van der Waals surface area contributed by atoms with E-state index in [4.69, 9.17) is 4.74 Å². The molecule has 0 spiro atoms. The number of benzene rings is 2. The molecular weight excluding hydrogens is 375 g/mol. The van der Waals surface area contributed by atoms with Gasteiger partial charge in [-0.05, 0) is 43.3 Å². The van der Waals surface area contributed by atoms with Gasteiger partial charge in [0.1, 0.15) is 11.8 Å². The van der Waals surface area contributed by atoms with E-state index < -0.39 is 23.7 Å². The SMILES string of the molecule is COc1cc(NC(C)C(=O)Nc2ccc(C(F)(F)F)cc2)ccc1NC(C)=O. The average molecular weight is 395 g/mol. The quantitative estimate of drug-likeness (QED) is 0.688. The molecule has 1 unspecified atom stereocenters. The van der Waals surface area contributed by atoms with Gasteiger partial charge in [-0.3, -0.25) is 9.59 Å². The molecule has 0 aromatic heterocycles. The topological polar surface area (TPSA) is 79.5 Å². The molecule has 2 amide bonds. The summed E-state index contributed by atoms with van der Waals surface area (Å²) in [6.45, 7) is 2.98. The maximum atomic E-state index is 12.6. The third-order valence-corrected chi connectivity index (χ3v) is 3.77. The molecule has 28 heavy (non-hydrogen) atoms. The minimum absolute atomic E-state index is 0.247. The van der Waals surface area contributed by atoms with Crippen LogP contribution in [0.4, 0.5) is 30.2 Å². The van der Waals surface area contributed by atoms with Gasteiger partial charge in [0.2, 0.25) is 11.8 Å². The smallest absolute Gasteiger partial charge is 0.416 e. The van der Waals surface area contributed by atoms with Gasteiger partial charge in [0.05, 0.1) is 18.4 Å².